The zero-order valence-electron chi connectivity index (χ0n) is 8.27. The molecule has 0 bridgehead atoms. The van der Waals surface area contributed by atoms with Crippen molar-refractivity contribution in [2.75, 3.05) is 0 Å². The summed E-state index contributed by atoms with van der Waals surface area (Å²) in [6, 6.07) is 1.93. The van der Waals surface area contributed by atoms with Crippen molar-refractivity contribution in [1.82, 2.24) is 10.1 Å². The molecule has 0 saturated heterocycles. The van der Waals surface area contributed by atoms with E-state index in [1.165, 1.54) is 0 Å². The van der Waals surface area contributed by atoms with E-state index in [9.17, 15) is 4.79 Å². The van der Waals surface area contributed by atoms with Crippen molar-refractivity contribution in [3.8, 4) is 11.4 Å². The minimum Gasteiger partial charge on any atom is -0.339 e. The molecule has 0 aliphatic rings. The largest absolute Gasteiger partial charge is 0.339 e. The molecule has 0 spiro atoms. The van der Waals surface area contributed by atoms with Gasteiger partial charge in [0.25, 0.3) is 0 Å². The first-order valence-electron chi connectivity index (χ1n) is 4.60. The van der Waals surface area contributed by atoms with Gasteiger partial charge in [-0.1, -0.05) is 5.16 Å². The SMILES string of the molecule is CC(=O)CCc1nc(-c2ccsc2)no1. The lowest BCUT2D eigenvalue weighted by Crippen LogP contribution is -1.93. The number of carbonyl (C=O) groups is 1. The average Bonchev–Trinajstić information content (AvgIpc) is 2.85. The molecule has 0 N–H and O–H groups in total. The van der Waals surface area contributed by atoms with Gasteiger partial charge in [-0.2, -0.15) is 16.3 Å². The number of rotatable bonds is 4. The van der Waals surface area contributed by atoms with Crippen LogP contribution < -0.4 is 0 Å². The molecule has 15 heavy (non-hydrogen) atoms. The normalized spacial score (nSPS) is 10.5. The van der Waals surface area contributed by atoms with Gasteiger partial charge in [-0.25, -0.2) is 0 Å². The van der Waals surface area contributed by atoms with Gasteiger partial charge in [0.15, 0.2) is 0 Å². The molecule has 4 nitrogen and oxygen atoms in total. The molecule has 0 aromatic carbocycles. The lowest BCUT2D eigenvalue weighted by Gasteiger charge is -1.88. The number of hydrogen-bond acceptors (Lipinski definition) is 5. The smallest absolute Gasteiger partial charge is 0.227 e. The Labute approximate surface area is 90.9 Å². The van der Waals surface area contributed by atoms with E-state index in [1.807, 2.05) is 16.8 Å². The molecule has 0 aliphatic carbocycles. The second kappa shape index (κ2) is 4.35. The molecular formula is C10H10N2O2S. The van der Waals surface area contributed by atoms with E-state index in [4.69, 9.17) is 4.52 Å². The fourth-order valence-corrected chi connectivity index (χ4v) is 1.78. The third kappa shape index (κ3) is 2.50. The first-order chi connectivity index (χ1) is 7.25. The van der Waals surface area contributed by atoms with E-state index in [1.54, 1.807) is 18.3 Å². The van der Waals surface area contributed by atoms with Crippen LogP contribution in [0.2, 0.25) is 0 Å². The molecule has 0 atom stereocenters. The highest BCUT2D eigenvalue weighted by atomic mass is 32.1. The predicted octanol–water partition coefficient (Wildman–Crippen LogP) is 2.32. The fourth-order valence-electron chi connectivity index (χ4n) is 1.15. The molecule has 0 radical (unpaired) electrons. The van der Waals surface area contributed by atoms with Crippen molar-refractivity contribution in [2.24, 2.45) is 0 Å². The summed E-state index contributed by atoms with van der Waals surface area (Å²) in [6.45, 7) is 1.55. The van der Waals surface area contributed by atoms with Crippen LogP contribution in [0.5, 0.6) is 0 Å². The molecule has 0 aliphatic heterocycles. The zero-order valence-corrected chi connectivity index (χ0v) is 9.08. The molecule has 2 aromatic rings. The predicted molar refractivity (Wildman–Crippen MR) is 56.6 cm³/mol. The lowest BCUT2D eigenvalue weighted by atomic mass is 10.2. The first-order valence-corrected chi connectivity index (χ1v) is 5.54. The number of nitrogens with zero attached hydrogens (tertiary/aromatic N) is 2. The highest BCUT2D eigenvalue weighted by Gasteiger charge is 2.09. The number of Topliss-reactive ketones (excluding diaryl/α,β-unsaturated/α-hetero) is 1. The summed E-state index contributed by atoms with van der Waals surface area (Å²) in [5.74, 6) is 1.24. The Hall–Kier alpha value is -1.49. The van der Waals surface area contributed by atoms with E-state index in [0.29, 0.717) is 24.6 Å². The van der Waals surface area contributed by atoms with Crippen LogP contribution in [0.4, 0.5) is 0 Å². The van der Waals surface area contributed by atoms with Gasteiger partial charge in [0.05, 0.1) is 0 Å². The highest BCUT2D eigenvalue weighted by molar-refractivity contribution is 7.08. The van der Waals surface area contributed by atoms with Crippen LogP contribution in [0.15, 0.2) is 21.3 Å². The van der Waals surface area contributed by atoms with Crippen LogP contribution in [-0.2, 0) is 11.2 Å². The number of thiophene rings is 1. The Kier molecular flexibility index (Phi) is 2.91. The summed E-state index contributed by atoms with van der Waals surface area (Å²) in [5, 5.41) is 7.76. The van der Waals surface area contributed by atoms with Gasteiger partial charge in [0.2, 0.25) is 11.7 Å². The Bertz CT molecular complexity index is 448. The zero-order chi connectivity index (χ0) is 10.7. The van der Waals surface area contributed by atoms with Crippen LogP contribution in [0.1, 0.15) is 19.2 Å². The second-order valence-electron chi connectivity index (χ2n) is 3.23. The molecule has 5 heteroatoms. The summed E-state index contributed by atoms with van der Waals surface area (Å²) in [5.41, 5.74) is 0.956. The van der Waals surface area contributed by atoms with Crippen molar-refractivity contribution < 1.29 is 9.32 Å². The van der Waals surface area contributed by atoms with Gasteiger partial charge in [0.1, 0.15) is 5.78 Å². The molecule has 2 rings (SSSR count). The minimum absolute atomic E-state index is 0.130. The van der Waals surface area contributed by atoms with Gasteiger partial charge >= 0.3 is 0 Å². The third-order valence-corrected chi connectivity index (χ3v) is 2.62. The van der Waals surface area contributed by atoms with Crippen molar-refractivity contribution in [1.29, 1.82) is 0 Å². The molecule has 78 valence electrons. The van der Waals surface area contributed by atoms with Crippen molar-refractivity contribution in [2.45, 2.75) is 19.8 Å². The second-order valence-corrected chi connectivity index (χ2v) is 4.01. The first kappa shape index (κ1) is 10.0. The van der Waals surface area contributed by atoms with Crippen LogP contribution in [0.3, 0.4) is 0 Å². The summed E-state index contributed by atoms with van der Waals surface area (Å²) in [6.07, 6.45) is 0.970. The monoisotopic (exact) mass is 222 g/mol. The minimum atomic E-state index is 0.130. The molecule has 0 saturated carbocycles. The average molecular weight is 222 g/mol. The Morgan fingerprint density at radius 2 is 2.47 bits per heavy atom. The highest BCUT2D eigenvalue weighted by Crippen LogP contribution is 2.18. The maximum atomic E-state index is 10.8. The van der Waals surface area contributed by atoms with Gasteiger partial charge in [-0.05, 0) is 18.4 Å². The van der Waals surface area contributed by atoms with E-state index >= 15 is 0 Å². The number of aryl methyl sites for hydroxylation is 1. The van der Waals surface area contributed by atoms with E-state index in [2.05, 4.69) is 10.1 Å². The summed E-state index contributed by atoms with van der Waals surface area (Å²) < 4.78 is 5.03. The molecule has 0 unspecified atom stereocenters. The number of hydrogen-bond donors (Lipinski definition) is 0. The van der Waals surface area contributed by atoms with Gasteiger partial charge < -0.3 is 9.32 Å². The fraction of sp³-hybridized carbons (Fsp3) is 0.300. The van der Waals surface area contributed by atoms with Crippen LogP contribution in [0, 0.1) is 0 Å². The van der Waals surface area contributed by atoms with Crippen molar-refractivity contribution in [3.63, 3.8) is 0 Å². The van der Waals surface area contributed by atoms with Crippen LogP contribution >= 0.6 is 11.3 Å². The van der Waals surface area contributed by atoms with E-state index < -0.39 is 0 Å². The summed E-state index contributed by atoms with van der Waals surface area (Å²) in [4.78, 5) is 15.0. The summed E-state index contributed by atoms with van der Waals surface area (Å²) in [7, 11) is 0. The maximum absolute atomic E-state index is 10.8. The third-order valence-electron chi connectivity index (χ3n) is 1.94. The lowest BCUT2D eigenvalue weighted by molar-refractivity contribution is -0.117. The molecule has 2 heterocycles. The summed E-state index contributed by atoms with van der Waals surface area (Å²) >= 11 is 1.59. The van der Waals surface area contributed by atoms with Crippen LogP contribution in [-0.4, -0.2) is 15.9 Å². The molecule has 0 fully saturated rings. The van der Waals surface area contributed by atoms with Crippen LogP contribution in [0.25, 0.3) is 11.4 Å². The molecule has 0 amide bonds. The topological polar surface area (TPSA) is 56.0 Å². The number of ketones is 1. The Morgan fingerprint density at radius 1 is 1.60 bits per heavy atom. The maximum Gasteiger partial charge on any atom is 0.227 e. The standard InChI is InChI=1S/C10H10N2O2S/c1-7(13)2-3-9-11-10(12-14-9)8-4-5-15-6-8/h4-6H,2-3H2,1H3. The molecule has 2 aromatic heterocycles. The van der Waals surface area contributed by atoms with Crippen molar-refractivity contribution in [3.05, 3.63) is 22.7 Å². The van der Waals surface area contributed by atoms with E-state index in [0.717, 1.165) is 5.56 Å². The van der Waals surface area contributed by atoms with Crippen molar-refractivity contribution >= 4 is 17.1 Å². The molecular weight excluding hydrogens is 212 g/mol. The Balaban J connectivity index is 2.08. The quantitative estimate of drug-likeness (QED) is 0.796. The number of carbonyl (C=O) groups excluding carboxylic acids is 1. The van der Waals surface area contributed by atoms with Gasteiger partial charge in [0, 0.05) is 23.8 Å². The Morgan fingerprint density at radius 3 is 3.13 bits per heavy atom. The van der Waals surface area contributed by atoms with E-state index in [-0.39, 0.29) is 5.78 Å². The number of aromatic nitrogens is 2. The van der Waals surface area contributed by atoms with Gasteiger partial charge in [-0.3, -0.25) is 0 Å². The van der Waals surface area contributed by atoms with Gasteiger partial charge in [-0.15, -0.1) is 0 Å².